The summed E-state index contributed by atoms with van der Waals surface area (Å²) in [5.74, 6) is 9.81. The van der Waals surface area contributed by atoms with Gasteiger partial charge in [-0.15, -0.1) is 0 Å². The summed E-state index contributed by atoms with van der Waals surface area (Å²) in [6, 6.07) is 19.0. The third-order valence-corrected chi connectivity index (χ3v) is 4.69. The van der Waals surface area contributed by atoms with E-state index < -0.39 is 12.3 Å². The van der Waals surface area contributed by atoms with Gasteiger partial charge in [0.15, 0.2) is 0 Å². The maximum atomic E-state index is 13.9. The Labute approximate surface area is 183 Å². The van der Waals surface area contributed by atoms with Gasteiger partial charge >= 0.3 is 0 Å². The van der Waals surface area contributed by atoms with E-state index in [-0.39, 0.29) is 0 Å². The fourth-order valence-corrected chi connectivity index (χ4v) is 3.07. The number of halogens is 2. The van der Waals surface area contributed by atoms with Gasteiger partial charge in [0.1, 0.15) is 5.75 Å². The number of alkyl halides is 2. The van der Waals surface area contributed by atoms with Gasteiger partial charge in [-0.05, 0) is 62.7 Å². The fraction of sp³-hybridized carbons (Fsp3) is 0.214. The molecular weight excluding hydrogens is 390 g/mol. The summed E-state index contributed by atoms with van der Waals surface area (Å²) < 4.78 is 33.4. The van der Waals surface area contributed by atoms with Crippen LogP contribution in [0.5, 0.6) is 5.75 Å². The maximum absolute atomic E-state index is 13.9. The first-order chi connectivity index (χ1) is 14.7. The molecular formula is C28H24F2O. The minimum absolute atomic E-state index is 0.416. The highest BCUT2D eigenvalue weighted by Crippen LogP contribution is 2.29. The van der Waals surface area contributed by atoms with Gasteiger partial charge < -0.3 is 4.74 Å². The van der Waals surface area contributed by atoms with Crippen LogP contribution in [-0.4, -0.2) is 13.0 Å². The topological polar surface area (TPSA) is 9.23 Å². The molecule has 3 aromatic rings. The van der Waals surface area contributed by atoms with Gasteiger partial charge in [0.25, 0.3) is 0 Å². The van der Waals surface area contributed by atoms with Crippen LogP contribution in [0.15, 0.2) is 60.7 Å². The van der Waals surface area contributed by atoms with E-state index in [1.807, 2.05) is 62.4 Å². The molecule has 0 fully saturated rings. The van der Waals surface area contributed by atoms with Crippen LogP contribution in [-0.2, 0) is 6.42 Å². The van der Waals surface area contributed by atoms with Crippen molar-refractivity contribution in [2.75, 3.05) is 7.11 Å². The van der Waals surface area contributed by atoms with E-state index in [0.717, 1.165) is 29.2 Å². The van der Waals surface area contributed by atoms with Gasteiger partial charge in [-0.3, -0.25) is 0 Å². The number of rotatable bonds is 3. The van der Waals surface area contributed by atoms with Gasteiger partial charge in [0.2, 0.25) is 5.92 Å². The molecule has 0 aliphatic carbocycles. The van der Waals surface area contributed by atoms with E-state index in [1.54, 1.807) is 12.1 Å². The molecule has 0 heterocycles. The molecule has 0 saturated heterocycles. The Balaban J connectivity index is 2.05. The molecule has 31 heavy (non-hydrogen) atoms. The molecule has 0 atom stereocenters. The Morgan fingerprint density at radius 3 is 1.71 bits per heavy atom. The van der Waals surface area contributed by atoms with Crippen LogP contribution < -0.4 is 4.74 Å². The van der Waals surface area contributed by atoms with Crippen LogP contribution >= 0.6 is 0 Å². The average molecular weight is 414 g/mol. The highest BCUT2D eigenvalue weighted by Gasteiger charge is 2.24. The van der Waals surface area contributed by atoms with Crippen molar-refractivity contribution in [2.24, 2.45) is 0 Å². The van der Waals surface area contributed by atoms with Gasteiger partial charge in [0.05, 0.1) is 12.7 Å². The van der Waals surface area contributed by atoms with Gasteiger partial charge in [0, 0.05) is 23.1 Å². The van der Waals surface area contributed by atoms with Gasteiger partial charge in [-0.1, -0.05) is 59.1 Å². The molecule has 0 aliphatic rings. The van der Waals surface area contributed by atoms with Crippen LogP contribution in [0.3, 0.4) is 0 Å². The standard InChI is InChI=1S/C28H24F2O/c1-20-5-9-22(10-6-20)13-14-24-17-25(19-28(3,29)30)26(27(18-24)31-4)16-15-23-11-7-21(2)8-12-23/h5-12,17-18H,19H2,1-4H3. The summed E-state index contributed by atoms with van der Waals surface area (Å²) in [5, 5.41) is 0. The lowest BCUT2D eigenvalue weighted by Crippen LogP contribution is -2.15. The van der Waals surface area contributed by atoms with Crippen molar-refractivity contribution in [3.63, 3.8) is 0 Å². The first-order valence-electron chi connectivity index (χ1n) is 9.99. The van der Waals surface area contributed by atoms with Crippen LogP contribution in [0.2, 0.25) is 0 Å². The number of ether oxygens (including phenoxy) is 1. The molecule has 0 unspecified atom stereocenters. The molecule has 0 spiro atoms. The predicted octanol–water partition coefficient (Wildman–Crippen LogP) is 6.31. The van der Waals surface area contributed by atoms with Crippen molar-refractivity contribution in [2.45, 2.75) is 33.1 Å². The third-order valence-electron chi connectivity index (χ3n) is 4.69. The second-order valence-electron chi connectivity index (χ2n) is 7.69. The van der Waals surface area contributed by atoms with Crippen molar-refractivity contribution in [3.8, 4) is 29.4 Å². The molecule has 3 aromatic carbocycles. The molecule has 1 nitrogen and oxygen atoms in total. The third kappa shape index (κ3) is 6.46. The van der Waals surface area contributed by atoms with Crippen LogP contribution in [0.1, 0.15) is 45.9 Å². The Kier molecular flexibility index (Phi) is 6.78. The molecule has 0 bridgehead atoms. The molecule has 3 rings (SSSR count). The summed E-state index contributed by atoms with van der Waals surface area (Å²) in [4.78, 5) is 0. The summed E-state index contributed by atoms with van der Waals surface area (Å²) in [7, 11) is 1.51. The van der Waals surface area contributed by atoms with Crippen molar-refractivity contribution in [3.05, 3.63) is 99.6 Å². The first kappa shape index (κ1) is 22.1. The number of hydrogen-bond acceptors (Lipinski definition) is 1. The SMILES string of the molecule is COc1cc(C#Cc2ccc(C)cc2)cc(CC(C)(F)F)c1C#Cc1ccc(C)cc1. The molecule has 3 heteroatoms. The van der Waals surface area contributed by atoms with Crippen LogP contribution in [0.4, 0.5) is 8.78 Å². The van der Waals surface area contributed by atoms with E-state index in [1.165, 1.54) is 7.11 Å². The monoisotopic (exact) mass is 414 g/mol. The zero-order valence-electron chi connectivity index (χ0n) is 18.1. The lowest BCUT2D eigenvalue weighted by molar-refractivity contribution is 0.0225. The molecule has 0 amide bonds. The van der Waals surface area contributed by atoms with Crippen molar-refractivity contribution in [1.82, 2.24) is 0 Å². The molecule has 0 radical (unpaired) electrons. The highest BCUT2D eigenvalue weighted by atomic mass is 19.3. The average Bonchev–Trinajstić information content (AvgIpc) is 2.72. The minimum atomic E-state index is -2.88. The zero-order valence-corrected chi connectivity index (χ0v) is 18.1. The zero-order chi connectivity index (χ0) is 22.4. The second-order valence-corrected chi connectivity index (χ2v) is 7.69. The summed E-state index contributed by atoms with van der Waals surface area (Å²) in [6.45, 7) is 4.91. The summed E-state index contributed by atoms with van der Waals surface area (Å²) in [6.07, 6.45) is -0.443. The fourth-order valence-electron chi connectivity index (χ4n) is 3.07. The van der Waals surface area contributed by atoms with Gasteiger partial charge in [-0.2, -0.15) is 0 Å². The van der Waals surface area contributed by atoms with E-state index in [0.29, 0.717) is 22.4 Å². The largest absolute Gasteiger partial charge is 0.495 e. The van der Waals surface area contributed by atoms with E-state index in [9.17, 15) is 8.78 Å². The second kappa shape index (κ2) is 9.50. The summed E-state index contributed by atoms with van der Waals surface area (Å²) in [5.41, 5.74) is 5.44. The predicted molar refractivity (Wildman–Crippen MR) is 122 cm³/mol. The highest BCUT2D eigenvalue weighted by molar-refractivity contribution is 5.59. The number of methoxy groups -OCH3 is 1. The van der Waals surface area contributed by atoms with Crippen LogP contribution in [0.25, 0.3) is 0 Å². The Morgan fingerprint density at radius 2 is 1.23 bits per heavy atom. The Morgan fingerprint density at radius 1 is 0.742 bits per heavy atom. The van der Waals surface area contributed by atoms with Crippen molar-refractivity contribution < 1.29 is 13.5 Å². The van der Waals surface area contributed by atoms with Crippen molar-refractivity contribution >= 4 is 0 Å². The maximum Gasteiger partial charge on any atom is 0.249 e. The van der Waals surface area contributed by atoms with Crippen molar-refractivity contribution in [1.29, 1.82) is 0 Å². The first-order valence-corrected chi connectivity index (χ1v) is 9.99. The number of hydrogen-bond donors (Lipinski definition) is 0. The number of benzene rings is 3. The molecule has 0 saturated carbocycles. The van der Waals surface area contributed by atoms with E-state index in [4.69, 9.17) is 4.74 Å². The molecule has 0 N–H and O–H groups in total. The van der Waals surface area contributed by atoms with Crippen LogP contribution in [0, 0.1) is 37.5 Å². The molecule has 156 valence electrons. The molecule has 0 aliphatic heterocycles. The van der Waals surface area contributed by atoms with E-state index >= 15 is 0 Å². The Hall–Kier alpha value is -3.56. The lowest BCUT2D eigenvalue weighted by Gasteiger charge is -2.15. The number of aryl methyl sites for hydroxylation is 2. The van der Waals surface area contributed by atoms with E-state index in [2.05, 4.69) is 23.7 Å². The lowest BCUT2D eigenvalue weighted by atomic mass is 9.97. The Bertz CT molecular complexity index is 1180. The smallest absolute Gasteiger partial charge is 0.249 e. The van der Waals surface area contributed by atoms with Gasteiger partial charge in [-0.25, -0.2) is 8.78 Å². The summed E-state index contributed by atoms with van der Waals surface area (Å²) >= 11 is 0. The normalized spacial score (nSPS) is 10.5. The minimum Gasteiger partial charge on any atom is -0.495 e. The quantitative estimate of drug-likeness (QED) is 0.457. The molecule has 0 aromatic heterocycles.